The van der Waals surface area contributed by atoms with Crippen LogP contribution in [0.5, 0.6) is 0 Å². The molecule has 2 aliphatic rings. The van der Waals surface area contributed by atoms with Crippen LogP contribution in [0.3, 0.4) is 0 Å². The quantitative estimate of drug-likeness (QED) is 0.672. The normalized spacial score (nSPS) is 28.7. The number of hydrogen-bond donors (Lipinski definition) is 1. The monoisotopic (exact) mass is 276 g/mol. The van der Waals surface area contributed by atoms with Gasteiger partial charge >= 0.3 is 5.97 Å². The second-order valence-electron chi connectivity index (χ2n) is 5.57. The van der Waals surface area contributed by atoms with Crippen molar-refractivity contribution in [3.8, 4) is 0 Å². The van der Waals surface area contributed by atoms with Crippen molar-refractivity contribution >= 4 is 11.7 Å². The zero-order valence-electron chi connectivity index (χ0n) is 10.9. The molecule has 3 atom stereocenters. The Morgan fingerprint density at radius 1 is 1.35 bits per heavy atom. The number of carboxylic acids is 1. The summed E-state index contributed by atoms with van der Waals surface area (Å²) in [5.41, 5.74) is 1.08. The molecule has 2 bridgehead atoms. The van der Waals surface area contributed by atoms with Gasteiger partial charge in [0.05, 0.1) is 10.8 Å². The second-order valence-corrected chi connectivity index (χ2v) is 5.57. The molecule has 1 aromatic carbocycles. The Bertz CT molecular complexity index is 543. The van der Waals surface area contributed by atoms with Gasteiger partial charge in [-0.3, -0.25) is 19.8 Å². The molecule has 2 fully saturated rings. The number of carboxylic acid groups (broad SMARTS) is 1. The molecule has 0 amide bonds. The Morgan fingerprint density at radius 2 is 2.05 bits per heavy atom. The Morgan fingerprint density at radius 3 is 2.60 bits per heavy atom. The number of nitro groups is 1. The molecule has 0 saturated carbocycles. The molecule has 3 rings (SSSR count). The second kappa shape index (κ2) is 4.86. The summed E-state index contributed by atoms with van der Waals surface area (Å²) >= 11 is 0. The highest BCUT2D eigenvalue weighted by Crippen LogP contribution is 2.42. The fourth-order valence-corrected chi connectivity index (χ4v) is 3.55. The minimum absolute atomic E-state index is 0.0848. The summed E-state index contributed by atoms with van der Waals surface area (Å²) in [7, 11) is 0. The van der Waals surface area contributed by atoms with Crippen LogP contribution in [0.2, 0.25) is 0 Å². The molecule has 2 heterocycles. The maximum atomic E-state index is 11.2. The zero-order chi connectivity index (χ0) is 14.3. The summed E-state index contributed by atoms with van der Waals surface area (Å²) in [6.07, 6.45) is 2.73. The van der Waals surface area contributed by atoms with Crippen molar-refractivity contribution in [3.63, 3.8) is 0 Å². The molecule has 2 saturated heterocycles. The van der Waals surface area contributed by atoms with Crippen molar-refractivity contribution in [1.29, 1.82) is 0 Å². The highest BCUT2D eigenvalue weighted by molar-refractivity contribution is 5.71. The van der Waals surface area contributed by atoms with Crippen LogP contribution in [0.4, 0.5) is 5.69 Å². The number of benzene rings is 1. The number of non-ortho nitro benzene ring substituents is 1. The summed E-state index contributed by atoms with van der Waals surface area (Å²) in [5.74, 6) is -0.960. The van der Waals surface area contributed by atoms with Gasteiger partial charge in [-0.05, 0) is 24.8 Å². The molecule has 6 nitrogen and oxygen atoms in total. The molecular weight excluding hydrogens is 260 g/mol. The molecule has 1 N–H and O–H groups in total. The lowest BCUT2D eigenvalue weighted by molar-refractivity contribution is -0.384. The Labute approximate surface area is 116 Å². The van der Waals surface area contributed by atoms with E-state index in [1.54, 1.807) is 12.1 Å². The van der Waals surface area contributed by atoms with Crippen LogP contribution in [0.15, 0.2) is 24.3 Å². The zero-order valence-corrected chi connectivity index (χ0v) is 10.9. The third-order valence-corrected chi connectivity index (χ3v) is 4.51. The summed E-state index contributed by atoms with van der Waals surface area (Å²) in [6, 6.07) is 6.98. The smallest absolute Gasteiger partial charge is 0.308 e. The first-order valence-corrected chi connectivity index (χ1v) is 6.78. The van der Waals surface area contributed by atoms with Gasteiger partial charge in [-0.1, -0.05) is 12.1 Å². The summed E-state index contributed by atoms with van der Waals surface area (Å²) in [4.78, 5) is 23.7. The maximum Gasteiger partial charge on any atom is 0.308 e. The highest BCUT2D eigenvalue weighted by Gasteiger charge is 2.48. The molecule has 20 heavy (non-hydrogen) atoms. The number of fused-ring (bicyclic) bond motifs is 2. The Kier molecular flexibility index (Phi) is 3.17. The van der Waals surface area contributed by atoms with E-state index in [9.17, 15) is 20.0 Å². The van der Waals surface area contributed by atoms with Crippen molar-refractivity contribution < 1.29 is 14.8 Å². The van der Waals surface area contributed by atoms with Gasteiger partial charge in [0.1, 0.15) is 0 Å². The molecule has 0 aromatic heterocycles. The standard InChI is InChI=1S/C14H16N2O4/c17-14(18)12-7-11-5-6-13(12)15(11)8-9-1-3-10(4-2-9)16(19)20/h1-4,11-13H,5-8H2,(H,17,18). The van der Waals surface area contributed by atoms with Crippen LogP contribution in [0.25, 0.3) is 0 Å². The lowest BCUT2D eigenvalue weighted by Gasteiger charge is -2.22. The number of aliphatic carboxylic acids is 1. The van der Waals surface area contributed by atoms with Crippen LogP contribution in [0.1, 0.15) is 24.8 Å². The molecular formula is C14H16N2O4. The maximum absolute atomic E-state index is 11.2. The van der Waals surface area contributed by atoms with Crippen molar-refractivity contribution in [2.24, 2.45) is 5.92 Å². The van der Waals surface area contributed by atoms with E-state index >= 15 is 0 Å². The van der Waals surface area contributed by atoms with E-state index in [4.69, 9.17) is 0 Å². The molecule has 106 valence electrons. The van der Waals surface area contributed by atoms with Gasteiger partial charge in [-0.25, -0.2) is 0 Å². The van der Waals surface area contributed by atoms with Gasteiger partial charge in [-0.15, -0.1) is 0 Å². The fraction of sp³-hybridized carbons (Fsp3) is 0.500. The lowest BCUT2D eigenvalue weighted by Crippen LogP contribution is -2.32. The van der Waals surface area contributed by atoms with Gasteiger partial charge in [0, 0.05) is 30.8 Å². The first kappa shape index (κ1) is 13.1. The highest BCUT2D eigenvalue weighted by atomic mass is 16.6. The van der Waals surface area contributed by atoms with E-state index in [0.717, 1.165) is 24.8 Å². The van der Waals surface area contributed by atoms with E-state index < -0.39 is 10.9 Å². The third-order valence-electron chi connectivity index (χ3n) is 4.51. The van der Waals surface area contributed by atoms with Crippen LogP contribution in [0, 0.1) is 16.0 Å². The predicted octanol–water partition coefficient (Wildman–Crippen LogP) is 2.03. The molecule has 3 unspecified atom stereocenters. The lowest BCUT2D eigenvalue weighted by atomic mass is 9.89. The minimum atomic E-state index is -0.703. The van der Waals surface area contributed by atoms with Crippen molar-refractivity contribution in [1.82, 2.24) is 4.90 Å². The average molecular weight is 276 g/mol. The van der Waals surface area contributed by atoms with Crippen LogP contribution in [-0.4, -0.2) is 33.0 Å². The van der Waals surface area contributed by atoms with E-state index in [1.165, 1.54) is 12.1 Å². The molecule has 1 aromatic rings. The van der Waals surface area contributed by atoms with Crippen LogP contribution >= 0.6 is 0 Å². The van der Waals surface area contributed by atoms with Crippen molar-refractivity contribution in [2.75, 3.05) is 0 Å². The van der Waals surface area contributed by atoms with Crippen molar-refractivity contribution in [3.05, 3.63) is 39.9 Å². The summed E-state index contributed by atoms with van der Waals surface area (Å²) in [5, 5.41) is 19.8. The number of nitro benzene ring substituents is 1. The van der Waals surface area contributed by atoms with E-state index in [0.29, 0.717) is 12.6 Å². The van der Waals surface area contributed by atoms with Crippen LogP contribution < -0.4 is 0 Å². The van der Waals surface area contributed by atoms with Gasteiger partial charge < -0.3 is 5.11 Å². The summed E-state index contributed by atoms with van der Waals surface area (Å²) in [6.45, 7) is 0.678. The van der Waals surface area contributed by atoms with Gasteiger partial charge in [0.2, 0.25) is 0 Å². The van der Waals surface area contributed by atoms with E-state index in [-0.39, 0.29) is 17.6 Å². The summed E-state index contributed by atoms with van der Waals surface area (Å²) < 4.78 is 0. The van der Waals surface area contributed by atoms with Gasteiger partial charge in [0.25, 0.3) is 5.69 Å². The van der Waals surface area contributed by atoms with E-state index in [1.807, 2.05) is 0 Å². The van der Waals surface area contributed by atoms with Crippen molar-refractivity contribution in [2.45, 2.75) is 37.9 Å². The number of nitrogens with zero attached hydrogens (tertiary/aromatic N) is 2. The molecule has 2 aliphatic heterocycles. The predicted molar refractivity (Wildman–Crippen MR) is 71.2 cm³/mol. The number of rotatable bonds is 4. The molecule has 0 radical (unpaired) electrons. The molecule has 0 aliphatic carbocycles. The largest absolute Gasteiger partial charge is 0.481 e. The SMILES string of the molecule is O=C(O)C1CC2CCC1N2Cc1ccc([N+](=O)[O-])cc1. The molecule has 0 spiro atoms. The Hall–Kier alpha value is -1.95. The van der Waals surface area contributed by atoms with Gasteiger partial charge in [0.15, 0.2) is 0 Å². The first-order valence-electron chi connectivity index (χ1n) is 6.78. The van der Waals surface area contributed by atoms with Crippen LogP contribution in [-0.2, 0) is 11.3 Å². The number of carbonyl (C=O) groups is 1. The Balaban J connectivity index is 1.72. The van der Waals surface area contributed by atoms with Gasteiger partial charge in [-0.2, -0.15) is 0 Å². The average Bonchev–Trinajstić information content (AvgIpc) is 2.96. The minimum Gasteiger partial charge on any atom is -0.481 e. The van der Waals surface area contributed by atoms with E-state index in [2.05, 4.69) is 4.90 Å². The number of hydrogen-bond acceptors (Lipinski definition) is 4. The first-order chi connectivity index (χ1) is 9.56. The topological polar surface area (TPSA) is 83.7 Å². The third kappa shape index (κ3) is 2.16. The molecule has 6 heteroatoms. The fourth-order valence-electron chi connectivity index (χ4n) is 3.55.